The van der Waals surface area contributed by atoms with Gasteiger partial charge in [-0.1, -0.05) is 12.1 Å². The van der Waals surface area contributed by atoms with E-state index in [0.29, 0.717) is 35.1 Å². The molecule has 0 aliphatic carbocycles. The Balaban J connectivity index is 1.73. The van der Waals surface area contributed by atoms with Crippen LogP contribution >= 0.6 is 0 Å². The number of nitrogens with one attached hydrogen (secondary N) is 2. The Morgan fingerprint density at radius 1 is 1.17 bits per heavy atom. The summed E-state index contributed by atoms with van der Waals surface area (Å²) in [6, 6.07) is 13.1. The Hall–Kier alpha value is -4.01. The number of carbonyl (C=O) groups is 1. The highest BCUT2D eigenvalue weighted by Gasteiger charge is 2.12. The highest BCUT2D eigenvalue weighted by Crippen LogP contribution is 2.27. The van der Waals surface area contributed by atoms with Gasteiger partial charge in [0.25, 0.3) is 0 Å². The SMILES string of the molecule is Cc1cc(Nc2nc(Cc3ccc(F)cc3)nc3cc(OCC(=O)O)ccc23)n[nH]1. The molecule has 0 radical (unpaired) electrons. The van der Waals surface area contributed by atoms with E-state index in [9.17, 15) is 9.18 Å². The normalized spacial score (nSPS) is 10.9. The number of H-pyrrole nitrogens is 1. The van der Waals surface area contributed by atoms with Gasteiger partial charge in [-0.3, -0.25) is 5.10 Å². The highest BCUT2D eigenvalue weighted by atomic mass is 19.1. The van der Waals surface area contributed by atoms with Crippen molar-refractivity contribution in [1.82, 2.24) is 20.2 Å². The van der Waals surface area contributed by atoms with E-state index in [2.05, 4.69) is 25.5 Å². The molecule has 2 aromatic carbocycles. The van der Waals surface area contributed by atoms with Gasteiger partial charge in [0.1, 0.15) is 23.2 Å². The molecule has 0 atom stereocenters. The fraction of sp³-hybridized carbons (Fsp3) is 0.143. The topological polar surface area (TPSA) is 113 Å². The van der Waals surface area contributed by atoms with Crippen molar-refractivity contribution in [3.8, 4) is 5.75 Å². The minimum absolute atomic E-state index is 0.311. The molecule has 0 aliphatic rings. The smallest absolute Gasteiger partial charge is 0.341 e. The van der Waals surface area contributed by atoms with Gasteiger partial charge >= 0.3 is 5.97 Å². The minimum Gasteiger partial charge on any atom is -0.482 e. The quantitative estimate of drug-likeness (QED) is 0.429. The molecule has 0 amide bonds. The number of nitrogens with zero attached hydrogens (tertiary/aromatic N) is 3. The number of hydrogen-bond donors (Lipinski definition) is 3. The zero-order chi connectivity index (χ0) is 21.1. The third-order valence-corrected chi connectivity index (χ3v) is 4.30. The average Bonchev–Trinajstić information content (AvgIpc) is 3.12. The van der Waals surface area contributed by atoms with Crippen LogP contribution in [0.25, 0.3) is 10.9 Å². The Morgan fingerprint density at radius 2 is 1.97 bits per heavy atom. The molecule has 2 aromatic heterocycles. The predicted molar refractivity (Wildman–Crippen MR) is 108 cm³/mol. The summed E-state index contributed by atoms with van der Waals surface area (Å²) in [4.78, 5) is 20.0. The largest absolute Gasteiger partial charge is 0.482 e. The van der Waals surface area contributed by atoms with Crippen LogP contribution in [0.4, 0.5) is 16.0 Å². The number of aromatic amines is 1. The molecule has 0 saturated carbocycles. The fourth-order valence-corrected chi connectivity index (χ4v) is 2.95. The molecule has 152 valence electrons. The first kappa shape index (κ1) is 19.3. The Morgan fingerprint density at radius 3 is 2.67 bits per heavy atom. The minimum atomic E-state index is -1.06. The van der Waals surface area contributed by atoms with Gasteiger partial charge in [0, 0.05) is 29.6 Å². The first-order valence-electron chi connectivity index (χ1n) is 9.15. The van der Waals surface area contributed by atoms with Crippen molar-refractivity contribution in [2.24, 2.45) is 0 Å². The van der Waals surface area contributed by atoms with Crippen molar-refractivity contribution < 1.29 is 19.0 Å². The van der Waals surface area contributed by atoms with E-state index in [1.54, 1.807) is 30.3 Å². The lowest BCUT2D eigenvalue weighted by Gasteiger charge is -2.11. The van der Waals surface area contributed by atoms with Crippen LogP contribution in [0.3, 0.4) is 0 Å². The van der Waals surface area contributed by atoms with E-state index >= 15 is 0 Å². The molecular weight excluding hydrogens is 389 g/mol. The summed E-state index contributed by atoms with van der Waals surface area (Å²) in [6.45, 7) is 1.44. The molecule has 0 bridgehead atoms. The molecule has 4 aromatic rings. The lowest BCUT2D eigenvalue weighted by atomic mass is 10.1. The molecule has 0 saturated heterocycles. The van der Waals surface area contributed by atoms with Crippen LogP contribution in [0.15, 0.2) is 48.5 Å². The summed E-state index contributed by atoms with van der Waals surface area (Å²) >= 11 is 0. The van der Waals surface area contributed by atoms with E-state index in [-0.39, 0.29) is 5.82 Å². The fourth-order valence-electron chi connectivity index (χ4n) is 2.95. The summed E-state index contributed by atoms with van der Waals surface area (Å²) in [7, 11) is 0. The number of fused-ring (bicyclic) bond motifs is 1. The third-order valence-electron chi connectivity index (χ3n) is 4.30. The van der Waals surface area contributed by atoms with Gasteiger partial charge in [-0.15, -0.1) is 0 Å². The molecule has 3 N–H and O–H groups in total. The second-order valence-corrected chi connectivity index (χ2v) is 6.71. The second-order valence-electron chi connectivity index (χ2n) is 6.71. The molecule has 0 aliphatic heterocycles. The number of halogens is 1. The number of ether oxygens (including phenoxy) is 1. The standard InChI is InChI=1S/C21H18FN5O3/c1-12-8-19(27-26-12)25-21-16-7-6-15(30-11-20(28)29)10-17(16)23-18(24-21)9-13-2-4-14(22)5-3-13/h2-8,10H,9,11H2,1H3,(H,28,29)(H2,23,24,25,26,27). The number of anilines is 2. The van der Waals surface area contributed by atoms with E-state index < -0.39 is 12.6 Å². The number of benzene rings is 2. The van der Waals surface area contributed by atoms with E-state index in [4.69, 9.17) is 9.84 Å². The van der Waals surface area contributed by atoms with Gasteiger partial charge in [-0.25, -0.2) is 19.2 Å². The van der Waals surface area contributed by atoms with Crippen LogP contribution in [-0.2, 0) is 11.2 Å². The van der Waals surface area contributed by atoms with Crippen molar-refractivity contribution >= 4 is 28.5 Å². The molecule has 0 spiro atoms. The van der Waals surface area contributed by atoms with Crippen LogP contribution < -0.4 is 10.1 Å². The zero-order valence-electron chi connectivity index (χ0n) is 16.0. The third kappa shape index (κ3) is 4.52. The maximum Gasteiger partial charge on any atom is 0.341 e. The summed E-state index contributed by atoms with van der Waals surface area (Å²) in [5, 5.41) is 19.8. The molecule has 8 nitrogen and oxygen atoms in total. The number of aryl methyl sites for hydroxylation is 1. The predicted octanol–water partition coefficient (Wildman–Crippen LogP) is 3.60. The number of aliphatic carboxylic acids is 1. The number of carboxylic acid groups (broad SMARTS) is 1. The average molecular weight is 407 g/mol. The van der Waals surface area contributed by atoms with Crippen LogP contribution in [0, 0.1) is 12.7 Å². The summed E-state index contributed by atoms with van der Waals surface area (Å²) in [5.41, 5.74) is 2.34. The first-order valence-corrected chi connectivity index (χ1v) is 9.15. The maximum absolute atomic E-state index is 13.2. The van der Waals surface area contributed by atoms with Crippen LogP contribution in [0.5, 0.6) is 5.75 Å². The zero-order valence-corrected chi connectivity index (χ0v) is 16.0. The molecular formula is C21H18FN5O3. The highest BCUT2D eigenvalue weighted by molar-refractivity contribution is 5.91. The molecule has 0 unspecified atom stereocenters. The van der Waals surface area contributed by atoms with E-state index in [0.717, 1.165) is 16.6 Å². The van der Waals surface area contributed by atoms with Gasteiger partial charge in [-0.05, 0) is 36.8 Å². The van der Waals surface area contributed by atoms with E-state index in [1.807, 2.05) is 13.0 Å². The number of rotatable bonds is 7. The Bertz CT molecular complexity index is 1210. The first-order chi connectivity index (χ1) is 14.5. The van der Waals surface area contributed by atoms with Crippen molar-refractivity contribution in [3.63, 3.8) is 0 Å². The Kier molecular flexibility index (Phi) is 5.25. The molecule has 2 heterocycles. The lowest BCUT2D eigenvalue weighted by Crippen LogP contribution is -2.09. The van der Waals surface area contributed by atoms with Gasteiger partial charge in [0.2, 0.25) is 0 Å². The molecule has 0 fully saturated rings. The molecule has 4 rings (SSSR count). The van der Waals surface area contributed by atoms with Crippen molar-refractivity contribution in [2.75, 3.05) is 11.9 Å². The second kappa shape index (κ2) is 8.16. The van der Waals surface area contributed by atoms with Gasteiger partial charge in [0.15, 0.2) is 12.4 Å². The van der Waals surface area contributed by atoms with Gasteiger partial charge in [-0.2, -0.15) is 5.10 Å². The van der Waals surface area contributed by atoms with Crippen LogP contribution in [0.1, 0.15) is 17.1 Å². The monoisotopic (exact) mass is 407 g/mol. The maximum atomic E-state index is 13.2. The van der Waals surface area contributed by atoms with Crippen molar-refractivity contribution in [1.29, 1.82) is 0 Å². The van der Waals surface area contributed by atoms with Gasteiger partial charge in [0.05, 0.1) is 5.52 Å². The van der Waals surface area contributed by atoms with Crippen LogP contribution in [0.2, 0.25) is 0 Å². The summed E-state index contributed by atoms with van der Waals surface area (Å²) in [6.07, 6.45) is 0.394. The van der Waals surface area contributed by atoms with Crippen LogP contribution in [-0.4, -0.2) is 37.8 Å². The molecule has 9 heteroatoms. The number of carboxylic acids is 1. The van der Waals surface area contributed by atoms with Crippen molar-refractivity contribution in [3.05, 3.63) is 71.4 Å². The summed E-state index contributed by atoms with van der Waals surface area (Å²) in [5.74, 6) is 0.678. The molecule has 30 heavy (non-hydrogen) atoms. The lowest BCUT2D eigenvalue weighted by molar-refractivity contribution is -0.139. The Labute approximate surface area is 170 Å². The van der Waals surface area contributed by atoms with Crippen molar-refractivity contribution in [2.45, 2.75) is 13.3 Å². The number of aromatic nitrogens is 4. The summed E-state index contributed by atoms with van der Waals surface area (Å²) < 4.78 is 18.5. The van der Waals surface area contributed by atoms with E-state index in [1.165, 1.54) is 12.1 Å². The van der Waals surface area contributed by atoms with Gasteiger partial charge < -0.3 is 15.2 Å². The number of hydrogen-bond acceptors (Lipinski definition) is 6.